The van der Waals surface area contributed by atoms with Gasteiger partial charge in [-0.25, -0.2) is 4.79 Å². The predicted molar refractivity (Wildman–Crippen MR) is 69.8 cm³/mol. The van der Waals surface area contributed by atoms with E-state index in [2.05, 4.69) is 5.32 Å². The van der Waals surface area contributed by atoms with Gasteiger partial charge in [0.2, 0.25) is 0 Å². The van der Waals surface area contributed by atoms with Crippen LogP contribution in [0, 0.1) is 0 Å². The lowest BCUT2D eigenvalue weighted by atomic mass is 10.3. The highest BCUT2D eigenvalue weighted by atomic mass is 32.1. The quantitative estimate of drug-likeness (QED) is 0.852. The second-order valence-corrected chi connectivity index (χ2v) is 4.64. The van der Waals surface area contributed by atoms with Crippen molar-refractivity contribution in [3.05, 3.63) is 46.5 Å². The van der Waals surface area contributed by atoms with E-state index in [1.807, 2.05) is 0 Å². The van der Waals surface area contributed by atoms with Crippen LogP contribution in [0.2, 0.25) is 0 Å². The van der Waals surface area contributed by atoms with Gasteiger partial charge in [0.25, 0.3) is 5.91 Å². The Hall–Kier alpha value is -2.08. The maximum absolute atomic E-state index is 11.7. The summed E-state index contributed by atoms with van der Waals surface area (Å²) in [5, 5.41) is 6.08. The number of esters is 1. The van der Waals surface area contributed by atoms with Crippen LogP contribution in [-0.4, -0.2) is 18.0 Å². The average molecular weight is 279 g/mol. The minimum Gasteiger partial charge on any atom is -0.467 e. The van der Waals surface area contributed by atoms with Crippen molar-refractivity contribution in [3.63, 3.8) is 0 Å². The Bertz CT molecular complexity index is 533. The predicted octanol–water partition coefficient (Wildman–Crippen LogP) is 2.20. The Balaban J connectivity index is 1.80. The molecule has 0 unspecified atom stereocenters. The number of carbonyl (C=O) groups is 2. The third-order valence-electron chi connectivity index (χ3n) is 2.43. The first-order valence-corrected chi connectivity index (χ1v) is 6.64. The van der Waals surface area contributed by atoms with Crippen LogP contribution in [0.5, 0.6) is 0 Å². The number of nitrogens with one attached hydrogen (secondary N) is 1. The molecular formula is C13H13NO4S. The zero-order valence-corrected chi connectivity index (χ0v) is 11.1. The molecule has 0 fully saturated rings. The topological polar surface area (TPSA) is 68.5 Å². The SMILES string of the molecule is C[C@@H](OC(=O)c1ccsc1)C(=O)NCc1ccco1. The Labute approximate surface area is 114 Å². The van der Waals surface area contributed by atoms with E-state index < -0.39 is 12.1 Å². The fraction of sp³-hybridized carbons (Fsp3) is 0.231. The van der Waals surface area contributed by atoms with Crippen LogP contribution < -0.4 is 5.32 Å². The van der Waals surface area contributed by atoms with Crippen molar-refractivity contribution in [2.45, 2.75) is 19.6 Å². The fourth-order valence-corrected chi connectivity index (χ4v) is 2.02. The molecule has 6 heteroatoms. The summed E-state index contributed by atoms with van der Waals surface area (Å²) >= 11 is 1.40. The number of thiophene rings is 1. The van der Waals surface area contributed by atoms with E-state index in [4.69, 9.17) is 9.15 Å². The van der Waals surface area contributed by atoms with Gasteiger partial charge in [0.1, 0.15) is 5.76 Å². The summed E-state index contributed by atoms with van der Waals surface area (Å²) in [6.07, 6.45) is 0.684. The second kappa shape index (κ2) is 6.19. The van der Waals surface area contributed by atoms with E-state index in [-0.39, 0.29) is 12.5 Å². The molecule has 0 aliphatic carbocycles. The maximum Gasteiger partial charge on any atom is 0.339 e. The highest BCUT2D eigenvalue weighted by Gasteiger charge is 2.18. The van der Waals surface area contributed by atoms with Crippen LogP contribution in [0.1, 0.15) is 23.0 Å². The van der Waals surface area contributed by atoms with Gasteiger partial charge in [0.05, 0.1) is 18.4 Å². The third-order valence-corrected chi connectivity index (χ3v) is 3.11. The number of ether oxygens (including phenoxy) is 1. The van der Waals surface area contributed by atoms with E-state index in [9.17, 15) is 9.59 Å². The molecule has 1 amide bonds. The van der Waals surface area contributed by atoms with Gasteiger partial charge in [-0.05, 0) is 30.5 Å². The van der Waals surface area contributed by atoms with Crippen molar-refractivity contribution < 1.29 is 18.7 Å². The average Bonchev–Trinajstić information content (AvgIpc) is 3.08. The molecule has 0 radical (unpaired) electrons. The summed E-state index contributed by atoms with van der Waals surface area (Å²) in [6, 6.07) is 5.14. The third kappa shape index (κ3) is 3.69. The van der Waals surface area contributed by atoms with Crippen LogP contribution in [0.4, 0.5) is 0 Å². The molecule has 1 N–H and O–H groups in total. The number of furan rings is 1. The summed E-state index contributed by atoms with van der Waals surface area (Å²) in [4.78, 5) is 23.4. The number of hydrogen-bond acceptors (Lipinski definition) is 5. The molecule has 2 aromatic heterocycles. The molecule has 0 aromatic carbocycles. The molecule has 100 valence electrons. The first-order valence-electron chi connectivity index (χ1n) is 5.70. The Morgan fingerprint density at radius 3 is 2.95 bits per heavy atom. The molecule has 0 spiro atoms. The monoisotopic (exact) mass is 279 g/mol. The first kappa shape index (κ1) is 13.4. The molecule has 0 bridgehead atoms. The van der Waals surface area contributed by atoms with Crippen molar-refractivity contribution in [1.82, 2.24) is 5.32 Å². The van der Waals surface area contributed by atoms with Gasteiger partial charge in [0, 0.05) is 5.38 Å². The smallest absolute Gasteiger partial charge is 0.339 e. The number of rotatable bonds is 5. The lowest BCUT2D eigenvalue weighted by Gasteiger charge is -2.12. The standard InChI is InChI=1S/C13H13NO4S/c1-9(18-13(16)10-4-6-19-8-10)12(15)14-7-11-3-2-5-17-11/h2-6,8-9H,7H2,1H3,(H,14,15)/t9-/m1/s1. The normalized spacial score (nSPS) is 11.8. The summed E-state index contributed by atoms with van der Waals surface area (Å²) in [6.45, 7) is 1.80. The van der Waals surface area contributed by atoms with Crippen molar-refractivity contribution in [2.75, 3.05) is 0 Å². The van der Waals surface area contributed by atoms with Crippen LogP contribution in [0.15, 0.2) is 39.6 Å². The Morgan fingerprint density at radius 1 is 1.47 bits per heavy atom. The van der Waals surface area contributed by atoms with Crippen LogP contribution in [0.3, 0.4) is 0 Å². The maximum atomic E-state index is 11.7. The van der Waals surface area contributed by atoms with Gasteiger partial charge >= 0.3 is 5.97 Å². The van der Waals surface area contributed by atoms with Gasteiger partial charge in [-0.2, -0.15) is 11.3 Å². The molecular weight excluding hydrogens is 266 g/mol. The summed E-state index contributed by atoms with van der Waals surface area (Å²) < 4.78 is 10.1. The van der Waals surface area contributed by atoms with Gasteiger partial charge < -0.3 is 14.5 Å². The highest BCUT2D eigenvalue weighted by Crippen LogP contribution is 2.09. The van der Waals surface area contributed by atoms with E-state index in [0.717, 1.165) is 0 Å². The fourth-order valence-electron chi connectivity index (χ4n) is 1.39. The molecule has 2 aromatic rings. The highest BCUT2D eigenvalue weighted by molar-refractivity contribution is 7.08. The van der Waals surface area contributed by atoms with Gasteiger partial charge in [-0.3, -0.25) is 4.79 Å². The molecule has 0 aliphatic heterocycles. The Morgan fingerprint density at radius 2 is 2.32 bits per heavy atom. The van der Waals surface area contributed by atoms with Crippen LogP contribution in [-0.2, 0) is 16.1 Å². The van der Waals surface area contributed by atoms with Crippen LogP contribution in [0.25, 0.3) is 0 Å². The molecule has 2 rings (SSSR count). The number of carbonyl (C=O) groups excluding carboxylic acids is 2. The van der Waals surface area contributed by atoms with Crippen molar-refractivity contribution >= 4 is 23.2 Å². The molecule has 0 saturated carbocycles. The largest absolute Gasteiger partial charge is 0.467 e. The van der Waals surface area contributed by atoms with E-state index in [0.29, 0.717) is 11.3 Å². The summed E-state index contributed by atoms with van der Waals surface area (Å²) in [5.74, 6) is -0.216. The Kier molecular flexibility index (Phi) is 4.35. The summed E-state index contributed by atoms with van der Waals surface area (Å²) in [7, 11) is 0. The molecule has 1 atom stereocenters. The van der Waals surface area contributed by atoms with E-state index in [1.54, 1.807) is 29.0 Å². The first-order chi connectivity index (χ1) is 9.16. The zero-order chi connectivity index (χ0) is 13.7. The number of amides is 1. The zero-order valence-electron chi connectivity index (χ0n) is 10.3. The minimum atomic E-state index is -0.845. The lowest BCUT2D eigenvalue weighted by molar-refractivity contribution is -0.129. The second-order valence-electron chi connectivity index (χ2n) is 3.86. The number of hydrogen-bond donors (Lipinski definition) is 1. The van der Waals surface area contributed by atoms with E-state index >= 15 is 0 Å². The molecule has 2 heterocycles. The van der Waals surface area contributed by atoms with Gasteiger partial charge in [-0.15, -0.1) is 0 Å². The van der Waals surface area contributed by atoms with Crippen LogP contribution >= 0.6 is 11.3 Å². The molecule has 0 aliphatic rings. The molecule has 0 saturated heterocycles. The van der Waals surface area contributed by atoms with Crippen molar-refractivity contribution in [2.24, 2.45) is 0 Å². The molecule has 19 heavy (non-hydrogen) atoms. The van der Waals surface area contributed by atoms with Crippen molar-refractivity contribution in [1.29, 1.82) is 0 Å². The lowest BCUT2D eigenvalue weighted by Crippen LogP contribution is -2.35. The van der Waals surface area contributed by atoms with Gasteiger partial charge in [0.15, 0.2) is 6.10 Å². The van der Waals surface area contributed by atoms with Crippen molar-refractivity contribution in [3.8, 4) is 0 Å². The minimum absolute atomic E-state index is 0.270. The van der Waals surface area contributed by atoms with Gasteiger partial charge in [-0.1, -0.05) is 0 Å². The summed E-state index contributed by atoms with van der Waals surface area (Å²) in [5.41, 5.74) is 0.454. The molecule has 5 nitrogen and oxygen atoms in total. The van der Waals surface area contributed by atoms with E-state index in [1.165, 1.54) is 24.5 Å².